The molecule has 1 aliphatic carbocycles. The van der Waals surface area contributed by atoms with E-state index in [0.29, 0.717) is 12.3 Å². The van der Waals surface area contributed by atoms with Gasteiger partial charge in [-0.1, -0.05) is 18.2 Å². The number of rotatable bonds is 4. The lowest BCUT2D eigenvalue weighted by Gasteiger charge is -2.08. The Hall–Kier alpha value is -1.78. The predicted octanol–water partition coefficient (Wildman–Crippen LogP) is 2.71. The van der Waals surface area contributed by atoms with E-state index in [2.05, 4.69) is 10.2 Å². The average molecular weight is 217 g/mol. The van der Waals surface area contributed by atoms with Crippen molar-refractivity contribution in [1.29, 1.82) is 0 Å². The van der Waals surface area contributed by atoms with Gasteiger partial charge < -0.3 is 0 Å². The Kier molecular flexibility index (Phi) is 1.83. The quantitative estimate of drug-likeness (QED) is 0.574. The van der Waals surface area contributed by atoms with Gasteiger partial charge in [0.15, 0.2) is 5.66 Å². The number of benzene rings is 1. The number of hydrogen-bond acceptors (Lipinski definition) is 4. The second kappa shape index (κ2) is 3.10. The van der Waals surface area contributed by atoms with E-state index in [4.69, 9.17) is 0 Å². The van der Waals surface area contributed by atoms with E-state index < -0.39 is 0 Å². The molecule has 0 unspecified atom stereocenters. The Morgan fingerprint density at radius 3 is 2.62 bits per heavy atom. The molecule has 5 heteroatoms. The van der Waals surface area contributed by atoms with Gasteiger partial charge >= 0.3 is 0 Å². The third-order valence-corrected chi connectivity index (χ3v) is 3.23. The first-order chi connectivity index (χ1) is 7.71. The molecule has 16 heavy (non-hydrogen) atoms. The molecule has 0 spiro atoms. The third kappa shape index (κ3) is 1.48. The summed E-state index contributed by atoms with van der Waals surface area (Å²) in [6.45, 7) is 0. The molecule has 0 N–H and O–H groups in total. The van der Waals surface area contributed by atoms with Gasteiger partial charge in [0, 0.05) is 24.0 Å². The Labute approximate surface area is 92.3 Å². The lowest BCUT2D eigenvalue weighted by atomic mass is 9.97. The fourth-order valence-electron chi connectivity index (χ4n) is 2.11. The molecule has 1 fully saturated rings. The van der Waals surface area contributed by atoms with Crippen molar-refractivity contribution < 1.29 is 4.92 Å². The lowest BCUT2D eigenvalue weighted by molar-refractivity contribution is -0.385. The molecule has 0 radical (unpaired) electrons. The second-order valence-corrected chi connectivity index (χ2v) is 4.42. The summed E-state index contributed by atoms with van der Waals surface area (Å²) in [6, 6.07) is 6.85. The Morgan fingerprint density at radius 1 is 1.38 bits per heavy atom. The number of para-hydroxylation sites is 1. The zero-order valence-corrected chi connectivity index (χ0v) is 8.67. The Morgan fingerprint density at radius 2 is 2.06 bits per heavy atom. The number of nitro groups is 1. The van der Waals surface area contributed by atoms with Gasteiger partial charge in [0.2, 0.25) is 0 Å². The molecule has 1 aliphatic heterocycles. The number of nitrogens with zero attached hydrogens (tertiary/aromatic N) is 3. The second-order valence-electron chi connectivity index (χ2n) is 4.42. The molecule has 3 rings (SSSR count). The summed E-state index contributed by atoms with van der Waals surface area (Å²) >= 11 is 0. The fourth-order valence-corrected chi connectivity index (χ4v) is 2.11. The summed E-state index contributed by atoms with van der Waals surface area (Å²) < 4.78 is 0. The van der Waals surface area contributed by atoms with Gasteiger partial charge in [0.1, 0.15) is 0 Å². The van der Waals surface area contributed by atoms with Gasteiger partial charge in [-0.25, -0.2) is 0 Å². The lowest BCUT2D eigenvalue weighted by Crippen LogP contribution is -2.18. The zero-order chi connectivity index (χ0) is 11.2. The van der Waals surface area contributed by atoms with Crippen molar-refractivity contribution in [2.24, 2.45) is 16.1 Å². The fraction of sp³-hybridized carbons (Fsp3) is 0.455. The highest BCUT2D eigenvalue weighted by Crippen LogP contribution is 2.52. The monoisotopic (exact) mass is 217 g/mol. The highest BCUT2D eigenvalue weighted by Gasteiger charge is 2.53. The van der Waals surface area contributed by atoms with Crippen LogP contribution < -0.4 is 0 Å². The smallest absolute Gasteiger partial charge is 0.258 e. The molecule has 1 aromatic rings. The van der Waals surface area contributed by atoms with Gasteiger partial charge in [-0.3, -0.25) is 10.1 Å². The van der Waals surface area contributed by atoms with Crippen LogP contribution in [0, 0.1) is 16.0 Å². The van der Waals surface area contributed by atoms with Crippen LogP contribution in [0.1, 0.15) is 18.4 Å². The van der Waals surface area contributed by atoms with Crippen LogP contribution in [-0.4, -0.2) is 10.6 Å². The van der Waals surface area contributed by atoms with Crippen LogP contribution in [-0.2, 0) is 6.42 Å². The first-order valence-electron chi connectivity index (χ1n) is 5.38. The van der Waals surface area contributed by atoms with Crippen LogP contribution in [0.2, 0.25) is 0 Å². The molecule has 82 valence electrons. The summed E-state index contributed by atoms with van der Waals surface area (Å²) in [5.41, 5.74) is 0.607. The molecule has 1 aromatic carbocycles. The molecule has 0 aromatic heterocycles. The first kappa shape index (κ1) is 9.45. The predicted molar refractivity (Wildman–Crippen MR) is 57.1 cm³/mol. The van der Waals surface area contributed by atoms with Crippen molar-refractivity contribution in [3.05, 3.63) is 39.9 Å². The SMILES string of the molecule is O=[N+]([O-])c1ccccc1CC1(C2CC2)N=N1. The molecule has 0 atom stereocenters. The van der Waals surface area contributed by atoms with E-state index in [1.54, 1.807) is 12.1 Å². The van der Waals surface area contributed by atoms with E-state index in [9.17, 15) is 10.1 Å². The van der Waals surface area contributed by atoms with E-state index in [0.717, 1.165) is 18.4 Å². The summed E-state index contributed by atoms with van der Waals surface area (Å²) in [5.74, 6) is 0.521. The van der Waals surface area contributed by atoms with Gasteiger partial charge in [-0.15, -0.1) is 0 Å². The maximum atomic E-state index is 10.9. The van der Waals surface area contributed by atoms with Crippen molar-refractivity contribution in [3.63, 3.8) is 0 Å². The van der Waals surface area contributed by atoms with E-state index in [1.807, 2.05) is 6.07 Å². The topological polar surface area (TPSA) is 67.9 Å². The maximum absolute atomic E-state index is 10.9. The van der Waals surface area contributed by atoms with Crippen LogP contribution in [0.3, 0.4) is 0 Å². The minimum absolute atomic E-state index is 0.180. The van der Waals surface area contributed by atoms with Crippen molar-refractivity contribution >= 4 is 5.69 Å². The van der Waals surface area contributed by atoms with Crippen LogP contribution in [0.15, 0.2) is 34.5 Å². The molecular weight excluding hydrogens is 206 g/mol. The molecule has 1 saturated carbocycles. The van der Waals surface area contributed by atoms with E-state index >= 15 is 0 Å². The Balaban J connectivity index is 1.86. The van der Waals surface area contributed by atoms with Crippen molar-refractivity contribution in [2.75, 3.05) is 0 Å². The third-order valence-electron chi connectivity index (χ3n) is 3.23. The highest BCUT2D eigenvalue weighted by molar-refractivity contribution is 5.41. The van der Waals surface area contributed by atoms with Gasteiger partial charge in [-0.2, -0.15) is 10.2 Å². The molecule has 2 aliphatic rings. The summed E-state index contributed by atoms with van der Waals surface area (Å²) in [7, 11) is 0. The molecule has 5 nitrogen and oxygen atoms in total. The summed E-state index contributed by atoms with van der Waals surface area (Å²) in [6.07, 6.45) is 2.87. The van der Waals surface area contributed by atoms with Crippen LogP contribution in [0.25, 0.3) is 0 Å². The minimum atomic E-state index is -0.335. The summed E-state index contributed by atoms with van der Waals surface area (Å²) in [5, 5.41) is 19.0. The highest BCUT2D eigenvalue weighted by atomic mass is 16.6. The largest absolute Gasteiger partial charge is 0.272 e. The van der Waals surface area contributed by atoms with E-state index in [1.165, 1.54) is 6.07 Å². The summed E-state index contributed by atoms with van der Waals surface area (Å²) in [4.78, 5) is 10.5. The van der Waals surface area contributed by atoms with E-state index in [-0.39, 0.29) is 16.3 Å². The minimum Gasteiger partial charge on any atom is -0.258 e. The molecule has 0 saturated heterocycles. The van der Waals surface area contributed by atoms with Gasteiger partial charge in [0.05, 0.1) is 4.92 Å². The molecule has 1 heterocycles. The van der Waals surface area contributed by atoms with Gasteiger partial charge in [-0.05, 0) is 12.8 Å². The van der Waals surface area contributed by atoms with Crippen LogP contribution in [0.5, 0.6) is 0 Å². The standard InChI is InChI=1S/C11H11N3O2/c15-14(16)10-4-2-1-3-8(10)7-11(12-13-11)9-5-6-9/h1-4,9H,5-7H2. The molecule has 0 amide bonds. The normalized spacial score (nSPS) is 20.8. The van der Waals surface area contributed by atoms with Crippen LogP contribution >= 0.6 is 0 Å². The van der Waals surface area contributed by atoms with Crippen molar-refractivity contribution in [1.82, 2.24) is 0 Å². The number of nitro benzene ring substituents is 1. The first-order valence-corrected chi connectivity index (χ1v) is 5.38. The number of hydrogen-bond donors (Lipinski definition) is 0. The van der Waals surface area contributed by atoms with Crippen LogP contribution in [0.4, 0.5) is 5.69 Å². The van der Waals surface area contributed by atoms with Gasteiger partial charge in [0.25, 0.3) is 5.69 Å². The molecular formula is C11H11N3O2. The maximum Gasteiger partial charge on any atom is 0.272 e. The Bertz CT molecular complexity index is 474. The average Bonchev–Trinajstić information content (AvgIpc) is 3.12. The molecule has 0 bridgehead atoms. The zero-order valence-electron chi connectivity index (χ0n) is 8.67. The van der Waals surface area contributed by atoms with Crippen molar-refractivity contribution in [3.8, 4) is 0 Å². The van der Waals surface area contributed by atoms with Crippen molar-refractivity contribution in [2.45, 2.75) is 24.9 Å².